The van der Waals surface area contributed by atoms with E-state index >= 15 is 0 Å². The molecule has 1 saturated heterocycles. The van der Waals surface area contributed by atoms with Gasteiger partial charge in [-0.05, 0) is 40.0 Å². The van der Waals surface area contributed by atoms with Crippen LogP contribution in [0, 0.1) is 0 Å². The van der Waals surface area contributed by atoms with Crippen LogP contribution in [0.5, 0.6) is 0 Å². The first-order valence-electron chi connectivity index (χ1n) is 5.83. The van der Waals surface area contributed by atoms with Crippen LogP contribution in [0.3, 0.4) is 0 Å². The molecule has 0 saturated carbocycles. The molecule has 1 heterocycles. The lowest BCUT2D eigenvalue weighted by molar-refractivity contribution is 0.134. The summed E-state index contributed by atoms with van der Waals surface area (Å²) in [4.78, 5) is 4.94. The summed E-state index contributed by atoms with van der Waals surface area (Å²) in [6, 6.07) is 0.769. The second kappa shape index (κ2) is 6.38. The maximum absolute atomic E-state index is 3.38. The Labute approximate surface area is 88.5 Å². The van der Waals surface area contributed by atoms with Gasteiger partial charge < -0.3 is 15.1 Å². The Hall–Kier alpha value is -0.120. The largest absolute Gasteiger partial charge is 0.316 e. The fourth-order valence-electron chi connectivity index (χ4n) is 2.07. The number of nitrogens with zero attached hydrogens (tertiary/aromatic N) is 2. The van der Waals surface area contributed by atoms with Crippen LogP contribution >= 0.6 is 0 Å². The summed E-state index contributed by atoms with van der Waals surface area (Å²) in [5.41, 5.74) is 0. The molecular weight excluding hydrogens is 174 g/mol. The summed E-state index contributed by atoms with van der Waals surface area (Å²) < 4.78 is 0. The van der Waals surface area contributed by atoms with Crippen molar-refractivity contribution in [2.24, 2.45) is 0 Å². The molecule has 0 bridgehead atoms. The summed E-state index contributed by atoms with van der Waals surface area (Å²) in [6.07, 6.45) is 2.72. The lowest BCUT2D eigenvalue weighted by Gasteiger charge is -2.36. The van der Waals surface area contributed by atoms with E-state index in [0.717, 1.165) is 19.1 Å². The third-order valence-electron chi connectivity index (χ3n) is 3.07. The number of rotatable bonds is 5. The maximum Gasteiger partial charge on any atom is 0.0217 e. The summed E-state index contributed by atoms with van der Waals surface area (Å²) in [6.45, 7) is 8.13. The van der Waals surface area contributed by atoms with Gasteiger partial charge in [0.25, 0.3) is 0 Å². The van der Waals surface area contributed by atoms with Gasteiger partial charge in [0.2, 0.25) is 0 Å². The smallest absolute Gasteiger partial charge is 0.0217 e. The molecule has 1 unspecified atom stereocenters. The summed E-state index contributed by atoms with van der Waals surface area (Å²) >= 11 is 0. The first-order valence-corrected chi connectivity index (χ1v) is 5.83. The van der Waals surface area contributed by atoms with E-state index < -0.39 is 0 Å². The Morgan fingerprint density at radius 1 is 1.43 bits per heavy atom. The van der Waals surface area contributed by atoms with Gasteiger partial charge in [0.05, 0.1) is 0 Å². The van der Waals surface area contributed by atoms with Crippen molar-refractivity contribution in [2.75, 3.05) is 46.8 Å². The van der Waals surface area contributed by atoms with Gasteiger partial charge in [-0.1, -0.05) is 6.92 Å². The van der Waals surface area contributed by atoms with Crippen molar-refractivity contribution >= 4 is 0 Å². The van der Waals surface area contributed by atoms with E-state index in [-0.39, 0.29) is 0 Å². The Morgan fingerprint density at radius 3 is 2.86 bits per heavy atom. The van der Waals surface area contributed by atoms with Crippen LogP contribution in [0.15, 0.2) is 0 Å². The highest BCUT2D eigenvalue weighted by molar-refractivity contribution is 4.77. The van der Waals surface area contributed by atoms with Crippen LogP contribution in [0.25, 0.3) is 0 Å². The summed E-state index contributed by atoms with van der Waals surface area (Å²) in [5, 5.41) is 3.38. The molecule has 0 radical (unpaired) electrons. The summed E-state index contributed by atoms with van der Waals surface area (Å²) in [5.74, 6) is 0. The highest BCUT2D eigenvalue weighted by Gasteiger charge is 2.20. The first-order chi connectivity index (χ1) is 6.74. The molecule has 0 aromatic heterocycles. The van der Waals surface area contributed by atoms with Crippen molar-refractivity contribution in [2.45, 2.75) is 25.8 Å². The number of hydrogen-bond donors (Lipinski definition) is 1. The number of piperidine rings is 1. The van der Waals surface area contributed by atoms with Gasteiger partial charge >= 0.3 is 0 Å². The SMILES string of the molecule is CCNCCN1CCCC(N(C)C)C1. The van der Waals surface area contributed by atoms with E-state index in [1.54, 1.807) is 0 Å². The Balaban J connectivity index is 2.19. The lowest BCUT2D eigenvalue weighted by Crippen LogP contribution is -2.46. The molecule has 1 fully saturated rings. The number of likely N-dealkylation sites (N-methyl/N-ethyl adjacent to an activating group) is 2. The molecule has 0 spiro atoms. The van der Waals surface area contributed by atoms with Gasteiger partial charge in [-0.3, -0.25) is 0 Å². The predicted molar refractivity (Wildman–Crippen MR) is 61.7 cm³/mol. The molecule has 84 valence electrons. The molecule has 0 aromatic rings. The van der Waals surface area contributed by atoms with Crippen LogP contribution in [-0.4, -0.2) is 62.7 Å². The minimum absolute atomic E-state index is 0.769. The molecule has 1 aliphatic heterocycles. The zero-order chi connectivity index (χ0) is 10.4. The molecule has 3 heteroatoms. The van der Waals surface area contributed by atoms with Crippen LogP contribution < -0.4 is 5.32 Å². The summed E-state index contributed by atoms with van der Waals surface area (Å²) in [7, 11) is 4.39. The van der Waals surface area contributed by atoms with Crippen molar-refractivity contribution in [3.05, 3.63) is 0 Å². The lowest BCUT2D eigenvalue weighted by atomic mass is 10.1. The van der Waals surface area contributed by atoms with E-state index in [2.05, 4.69) is 36.1 Å². The molecule has 1 rings (SSSR count). The minimum atomic E-state index is 0.769. The van der Waals surface area contributed by atoms with E-state index in [1.165, 1.54) is 32.5 Å². The van der Waals surface area contributed by atoms with Gasteiger partial charge in [-0.2, -0.15) is 0 Å². The van der Waals surface area contributed by atoms with E-state index in [1.807, 2.05) is 0 Å². The highest BCUT2D eigenvalue weighted by atomic mass is 15.2. The molecule has 0 aliphatic carbocycles. The monoisotopic (exact) mass is 199 g/mol. The second-order valence-electron chi connectivity index (χ2n) is 4.41. The fourth-order valence-corrected chi connectivity index (χ4v) is 2.07. The van der Waals surface area contributed by atoms with Crippen molar-refractivity contribution in [1.29, 1.82) is 0 Å². The Kier molecular flexibility index (Phi) is 5.45. The average molecular weight is 199 g/mol. The molecular formula is C11H25N3. The number of hydrogen-bond acceptors (Lipinski definition) is 3. The third-order valence-corrected chi connectivity index (χ3v) is 3.07. The van der Waals surface area contributed by atoms with E-state index in [0.29, 0.717) is 0 Å². The van der Waals surface area contributed by atoms with Crippen molar-refractivity contribution < 1.29 is 0 Å². The second-order valence-corrected chi connectivity index (χ2v) is 4.41. The number of nitrogens with one attached hydrogen (secondary N) is 1. The van der Waals surface area contributed by atoms with Crippen molar-refractivity contribution in [3.63, 3.8) is 0 Å². The zero-order valence-corrected chi connectivity index (χ0v) is 9.92. The molecule has 1 aliphatic rings. The molecule has 1 atom stereocenters. The quantitative estimate of drug-likeness (QED) is 0.655. The van der Waals surface area contributed by atoms with Crippen LogP contribution in [-0.2, 0) is 0 Å². The highest BCUT2D eigenvalue weighted by Crippen LogP contribution is 2.12. The van der Waals surface area contributed by atoms with Gasteiger partial charge in [0.15, 0.2) is 0 Å². The Morgan fingerprint density at radius 2 is 2.21 bits per heavy atom. The molecule has 0 amide bonds. The topological polar surface area (TPSA) is 18.5 Å². The first kappa shape index (κ1) is 12.0. The molecule has 1 N–H and O–H groups in total. The van der Waals surface area contributed by atoms with Crippen molar-refractivity contribution in [3.8, 4) is 0 Å². The molecule has 0 aromatic carbocycles. The molecule has 14 heavy (non-hydrogen) atoms. The number of likely N-dealkylation sites (tertiary alicyclic amines) is 1. The fraction of sp³-hybridized carbons (Fsp3) is 1.00. The normalized spacial score (nSPS) is 24.4. The third kappa shape index (κ3) is 3.95. The van der Waals surface area contributed by atoms with Gasteiger partial charge in [-0.25, -0.2) is 0 Å². The van der Waals surface area contributed by atoms with Gasteiger partial charge in [0.1, 0.15) is 0 Å². The molecule has 3 nitrogen and oxygen atoms in total. The van der Waals surface area contributed by atoms with Gasteiger partial charge in [0, 0.05) is 25.7 Å². The minimum Gasteiger partial charge on any atom is -0.316 e. The van der Waals surface area contributed by atoms with Crippen LogP contribution in [0.2, 0.25) is 0 Å². The van der Waals surface area contributed by atoms with Gasteiger partial charge in [-0.15, -0.1) is 0 Å². The van der Waals surface area contributed by atoms with Crippen LogP contribution in [0.1, 0.15) is 19.8 Å². The van der Waals surface area contributed by atoms with E-state index in [9.17, 15) is 0 Å². The van der Waals surface area contributed by atoms with Crippen LogP contribution in [0.4, 0.5) is 0 Å². The zero-order valence-electron chi connectivity index (χ0n) is 9.92. The average Bonchev–Trinajstić information content (AvgIpc) is 2.19. The van der Waals surface area contributed by atoms with E-state index in [4.69, 9.17) is 0 Å². The maximum atomic E-state index is 3.38. The predicted octanol–water partition coefficient (Wildman–Crippen LogP) is 0.622. The van der Waals surface area contributed by atoms with Crippen molar-refractivity contribution in [1.82, 2.24) is 15.1 Å². The standard InChI is InChI=1S/C11H25N3/c1-4-12-7-9-14-8-5-6-11(10-14)13(2)3/h11-12H,4-10H2,1-3H3. The Bertz CT molecular complexity index is 147.